The van der Waals surface area contributed by atoms with E-state index in [1.165, 1.54) is 0 Å². The van der Waals surface area contributed by atoms with Crippen molar-refractivity contribution in [1.82, 2.24) is 34.3 Å². The third-order valence-electron chi connectivity index (χ3n) is 7.04. The van der Waals surface area contributed by atoms with E-state index in [2.05, 4.69) is 37.5 Å². The smallest absolute Gasteiger partial charge is 0.229 e. The molecule has 5 aromatic rings. The van der Waals surface area contributed by atoms with Crippen LogP contribution in [0.15, 0.2) is 37.2 Å². The average molecular weight is 507 g/mol. The van der Waals surface area contributed by atoms with Crippen molar-refractivity contribution >= 4 is 39.9 Å². The number of aromatic nitrogens is 7. The molecule has 184 valence electrons. The molecule has 11 heteroatoms. The normalized spacial score (nSPS) is 19.5. The number of benzene rings is 1. The van der Waals surface area contributed by atoms with Crippen molar-refractivity contribution in [2.24, 2.45) is 18.9 Å². The number of hydrogen-bond donors (Lipinski definition) is 2. The molecule has 0 unspecified atom stereocenters. The summed E-state index contributed by atoms with van der Waals surface area (Å²) in [5.41, 5.74) is 3.62. The van der Waals surface area contributed by atoms with Crippen molar-refractivity contribution in [2.75, 3.05) is 5.32 Å². The summed E-state index contributed by atoms with van der Waals surface area (Å²) in [6.07, 6.45) is 10.4. The summed E-state index contributed by atoms with van der Waals surface area (Å²) in [5, 5.41) is 14.9. The van der Waals surface area contributed by atoms with Crippen molar-refractivity contribution in [2.45, 2.75) is 32.6 Å². The molecule has 1 fully saturated rings. The molecule has 4 aromatic heterocycles. The lowest BCUT2D eigenvalue weighted by atomic mass is 9.96. The van der Waals surface area contributed by atoms with E-state index in [9.17, 15) is 4.79 Å². The zero-order valence-electron chi connectivity index (χ0n) is 20.1. The molecule has 0 bridgehead atoms. The third-order valence-corrected chi connectivity index (χ3v) is 7.40. The van der Waals surface area contributed by atoms with Gasteiger partial charge in [0.25, 0.3) is 0 Å². The number of amides is 1. The number of H-pyrrole nitrogens is 1. The topological polar surface area (TPSA) is 106 Å². The minimum Gasteiger partial charge on any atom is -0.309 e. The number of anilines is 1. The summed E-state index contributed by atoms with van der Waals surface area (Å²) in [4.78, 5) is 21.9. The third kappa shape index (κ3) is 3.47. The summed E-state index contributed by atoms with van der Waals surface area (Å²) in [5.74, 6) is 0.00638. The van der Waals surface area contributed by atoms with Crippen LogP contribution in [0, 0.1) is 17.7 Å². The highest BCUT2D eigenvalue weighted by molar-refractivity contribution is 6.35. The number of imidazole rings is 1. The minimum atomic E-state index is -0.486. The van der Waals surface area contributed by atoms with Gasteiger partial charge in [-0.25, -0.2) is 9.37 Å². The first-order valence-corrected chi connectivity index (χ1v) is 12.1. The van der Waals surface area contributed by atoms with Crippen LogP contribution in [0.3, 0.4) is 0 Å². The van der Waals surface area contributed by atoms with Gasteiger partial charge in [0.05, 0.1) is 41.0 Å². The molecule has 36 heavy (non-hydrogen) atoms. The number of aromatic amines is 1. The fourth-order valence-corrected chi connectivity index (χ4v) is 5.52. The molecule has 1 aliphatic carbocycles. The maximum atomic E-state index is 15.3. The van der Waals surface area contributed by atoms with Gasteiger partial charge >= 0.3 is 0 Å². The van der Waals surface area contributed by atoms with E-state index in [-0.39, 0.29) is 34.6 Å². The Kier molecular flexibility index (Phi) is 5.11. The Hall–Kier alpha value is -3.79. The van der Waals surface area contributed by atoms with Crippen molar-refractivity contribution < 1.29 is 9.18 Å². The molecular formula is C25H24ClFN8O. The summed E-state index contributed by atoms with van der Waals surface area (Å²) >= 11 is 6.51. The van der Waals surface area contributed by atoms with E-state index < -0.39 is 5.82 Å². The Balaban J connectivity index is 1.31. The molecule has 1 aromatic carbocycles. The molecule has 0 radical (unpaired) electrons. The van der Waals surface area contributed by atoms with Crippen LogP contribution in [0.2, 0.25) is 5.02 Å². The second-order valence-corrected chi connectivity index (χ2v) is 10.1. The quantitative estimate of drug-likeness (QED) is 0.352. The molecule has 3 atom stereocenters. The maximum absolute atomic E-state index is 15.3. The summed E-state index contributed by atoms with van der Waals surface area (Å²) in [6, 6.07) is 0. The first kappa shape index (κ1) is 22.7. The first-order valence-electron chi connectivity index (χ1n) is 11.7. The van der Waals surface area contributed by atoms with Gasteiger partial charge < -0.3 is 9.72 Å². The fourth-order valence-electron chi connectivity index (χ4n) is 5.22. The summed E-state index contributed by atoms with van der Waals surface area (Å²) in [7, 11) is 1.86. The monoisotopic (exact) mass is 506 g/mol. The fraction of sp³-hybridized carbons (Fsp3) is 0.320. The van der Waals surface area contributed by atoms with Crippen LogP contribution in [0.1, 0.15) is 43.7 Å². The van der Waals surface area contributed by atoms with E-state index in [0.29, 0.717) is 39.2 Å². The summed E-state index contributed by atoms with van der Waals surface area (Å²) < 4.78 is 18.7. The van der Waals surface area contributed by atoms with Crippen molar-refractivity contribution in [1.29, 1.82) is 0 Å². The number of fused-ring (bicyclic) bond motifs is 2. The van der Waals surface area contributed by atoms with Gasteiger partial charge in [0.2, 0.25) is 5.91 Å². The van der Waals surface area contributed by atoms with E-state index >= 15 is 4.39 Å². The van der Waals surface area contributed by atoms with Crippen molar-refractivity contribution in [3.63, 3.8) is 0 Å². The van der Waals surface area contributed by atoms with Crippen LogP contribution < -0.4 is 5.32 Å². The Bertz CT molecular complexity index is 1650. The molecule has 2 N–H and O–H groups in total. The molecular weight excluding hydrogens is 483 g/mol. The summed E-state index contributed by atoms with van der Waals surface area (Å²) in [6.45, 7) is 5.87. The maximum Gasteiger partial charge on any atom is 0.229 e. The molecule has 0 saturated heterocycles. The largest absolute Gasteiger partial charge is 0.309 e. The molecule has 1 aliphatic rings. The number of halogens is 2. The average Bonchev–Trinajstić information content (AvgIpc) is 3.24. The lowest BCUT2D eigenvalue weighted by Gasteiger charge is -2.14. The standard InChI is InChI=1S/C25H24ClFN8O/c1-11(2)18-23(27)22(26)21(14-6-29-33-24(14)18)15-9-35-10-16(31-17(35)7-28-15)32-25(36)20-12(3)19(20)13-5-30-34(4)8-13/h5-12,19-20H,1-4H3,(H,29,33)(H,32,36)/t12-,19-,20+/m1/s1. The highest BCUT2D eigenvalue weighted by atomic mass is 35.5. The number of hydrogen-bond acceptors (Lipinski definition) is 5. The highest BCUT2D eigenvalue weighted by Crippen LogP contribution is 2.54. The number of aryl methyl sites for hydroxylation is 1. The Morgan fingerprint density at radius 1 is 1.22 bits per heavy atom. The number of rotatable bonds is 5. The number of carbonyl (C=O) groups excluding carboxylic acids is 1. The minimum absolute atomic E-state index is 0.00254. The molecule has 9 nitrogen and oxygen atoms in total. The SMILES string of the molecule is CC(C)c1c(F)c(Cl)c(-c2cn3cc(NC(=O)[C@H]4[C@H](C)[C@@H]4c4cnn(C)c4)nc3cn2)c2cn[nH]c12. The van der Waals surface area contributed by atoms with Gasteiger partial charge in [-0.1, -0.05) is 32.4 Å². The van der Waals surface area contributed by atoms with Crippen LogP contribution in [0.5, 0.6) is 0 Å². The Labute approximate surface area is 210 Å². The van der Waals surface area contributed by atoms with Gasteiger partial charge in [0, 0.05) is 47.8 Å². The number of nitrogens with zero attached hydrogens (tertiary/aromatic N) is 6. The predicted octanol–water partition coefficient (Wildman–Crippen LogP) is 4.91. The lowest BCUT2D eigenvalue weighted by Crippen LogP contribution is -2.15. The van der Waals surface area contributed by atoms with Gasteiger partial charge in [-0.15, -0.1) is 0 Å². The van der Waals surface area contributed by atoms with Gasteiger partial charge in [-0.05, 0) is 17.4 Å². The van der Waals surface area contributed by atoms with Gasteiger partial charge in [0.1, 0.15) is 5.82 Å². The highest BCUT2D eigenvalue weighted by Gasteiger charge is 2.53. The van der Waals surface area contributed by atoms with Crippen LogP contribution in [-0.4, -0.2) is 40.3 Å². The number of carbonyl (C=O) groups is 1. The number of nitrogens with one attached hydrogen (secondary N) is 2. The molecule has 4 heterocycles. The second-order valence-electron chi connectivity index (χ2n) is 9.74. The van der Waals surface area contributed by atoms with Gasteiger partial charge in [-0.3, -0.25) is 19.6 Å². The molecule has 0 aliphatic heterocycles. The van der Waals surface area contributed by atoms with Gasteiger partial charge in [0.15, 0.2) is 11.5 Å². The van der Waals surface area contributed by atoms with Crippen LogP contribution >= 0.6 is 11.6 Å². The van der Waals surface area contributed by atoms with Crippen LogP contribution in [0.4, 0.5) is 10.2 Å². The molecule has 1 saturated carbocycles. The van der Waals surface area contributed by atoms with E-state index in [1.54, 1.807) is 33.9 Å². The molecule has 6 rings (SSSR count). The second kappa shape index (κ2) is 8.12. The Morgan fingerprint density at radius 2 is 2.03 bits per heavy atom. The lowest BCUT2D eigenvalue weighted by molar-refractivity contribution is -0.117. The van der Waals surface area contributed by atoms with E-state index in [0.717, 1.165) is 5.56 Å². The van der Waals surface area contributed by atoms with Crippen LogP contribution in [-0.2, 0) is 11.8 Å². The van der Waals surface area contributed by atoms with Gasteiger partial charge in [-0.2, -0.15) is 10.2 Å². The Morgan fingerprint density at radius 3 is 2.75 bits per heavy atom. The van der Waals surface area contributed by atoms with E-state index in [4.69, 9.17) is 11.6 Å². The molecule has 1 amide bonds. The van der Waals surface area contributed by atoms with Crippen LogP contribution in [0.25, 0.3) is 27.8 Å². The molecule has 0 spiro atoms. The first-order chi connectivity index (χ1) is 17.2. The predicted molar refractivity (Wildman–Crippen MR) is 134 cm³/mol. The van der Waals surface area contributed by atoms with Crippen molar-refractivity contribution in [3.05, 3.63) is 59.1 Å². The van der Waals surface area contributed by atoms with E-state index in [1.807, 2.05) is 33.3 Å². The van der Waals surface area contributed by atoms with Crippen molar-refractivity contribution in [3.8, 4) is 11.3 Å². The zero-order chi connectivity index (χ0) is 25.3. The zero-order valence-corrected chi connectivity index (χ0v) is 20.9.